The first-order chi connectivity index (χ1) is 12.3. The molecule has 0 atom stereocenters. The van der Waals surface area contributed by atoms with Crippen LogP contribution in [0.3, 0.4) is 0 Å². The molecule has 0 radical (unpaired) electrons. The van der Waals surface area contributed by atoms with Crippen LogP contribution in [0.4, 0.5) is 0 Å². The quantitative estimate of drug-likeness (QED) is 0.705. The van der Waals surface area contributed by atoms with Gasteiger partial charge < -0.3 is 4.74 Å². The number of aryl methyl sites for hydroxylation is 1. The Morgan fingerprint density at radius 2 is 2.04 bits per heavy atom. The molecule has 6 nitrogen and oxygen atoms in total. The summed E-state index contributed by atoms with van der Waals surface area (Å²) in [6, 6.07) is 2.36. The fourth-order valence-electron chi connectivity index (χ4n) is 3.61. The second-order valence-electron chi connectivity index (χ2n) is 6.42. The summed E-state index contributed by atoms with van der Waals surface area (Å²) >= 11 is 0. The molecule has 0 N–H and O–H groups in total. The van der Waals surface area contributed by atoms with Gasteiger partial charge in [0.15, 0.2) is 11.5 Å². The Morgan fingerprint density at radius 3 is 2.80 bits per heavy atom. The van der Waals surface area contributed by atoms with Gasteiger partial charge in [0.1, 0.15) is 5.75 Å². The van der Waals surface area contributed by atoms with Crippen LogP contribution in [0.15, 0.2) is 24.7 Å². The van der Waals surface area contributed by atoms with Gasteiger partial charge in [-0.1, -0.05) is 19.8 Å². The van der Waals surface area contributed by atoms with E-state index in [0.29, 0.717) is 24.2 Å². The lowest BCUT2D eigenvalue weighted by molar-refractivity contribution is 0.340. The van der Waals surface area contributed by atoms with Crippen molar-refractivity contribution in [2.45, 2.75) is 52.0 Å². The number of aromatic nitrogens is 5. The Morgan fingerprint density at radius 1 is 1.20 bits per heavy atom. The predicted octanol–water partition coefficient (Wildman–Crippen LogP) is 3.96. The van der Waals surface area contributed by atoms with Crippen molar-refractivity contribution >= 4 is 11.0 Å². The van der Waals surface area contributed by atoms with Crippen LogP contribution in [0.2, 0.25) is 0 Å². The SMILES string of the molecule is CCOc1cnccc1-c1ncc2c(CC)nn(C3CCCC3)c2n1. The number of hydrogen-bond donors (Lipinski definition) is 0. The maximum atomic E-state index is 5.69. The van der Waals surface area contributed by atoms with E-state index in [-0.39, 0.29) is 0 Å². The topological polar surface area (TPSA) is 65.7 Å². The third-order valence-corrected chi connectivity index (χ3v) is 4.86. The van der Waals surface area contributed by atoms with E-state index in [9.17, 15) is 0 Å². The summed E-state index contributed by atoms with van der Waals surface area (Å²) in [7, 11) is 0. The molecule has 130 valence electrons. The molecule has 25 heavy (non-hydrogen) atoms. The molecule has 1 aliphatic carbocycles. The van der Waals surface area contributed by atoms with E-state index in [1.165, 1.54) is 25.7 Å². The maximum absolute atomic E-state index is 5.69. The Kier molecular flexibility index (Phi) is 4.34. The van der Waals surface area contributed by atoms with Crippen molar-refractivity contribution in [1.82, 2.24) is 24.7 Å². The number of hydrogen-bond acceptors (Lipinski definition) is 5. The molecule has 1 aliphatic rings. The number of pyridine rings is 1. The summed E-state index contributed by atoms with van der Waals surface area (Å²) < 4.78 is 7.83. The first-order valence-electron chi connectivity index (χ1n) is 9.13. The van der Waals surface area contributed by atoms with Gasteiger partial charge in [-0.05, 0) is 32.3 Å². The average molecular weight is 337 g/mol. The van der Waals surface area contributed by atoms with Crippen molar-refractivity contribution in [3.8, 4) is 17.1 Å². The molecule has 0 amide bonds. The molecule has 1 saturated carbocycles. The minimum absolute atomic E-state index is 0.453. The molecule has 3 aromatic rings. The lowest BCUT2D eigenvalue weighted by atomic mass is 10.2. The molecule has 0 aromatic carbocycles. The zero-order valence-corrected chi connectivity index (χ0v) is 14.8. The number of ether oxygens (including phenoxy) is 1. The zero-order valence-electron chi connectivity index (χ0n) is 14.8. The molecule has 0 bridgehead atoms. The highest BCUT2D eigenvalue weighted by Gasteiger charge is 2.23. The largest absolute Gasteiger partial charge is 0.491 e. The monoisotopic (exact) mass is 337 g/mol. The molecule has 4 rings (SSSR count). The number of rotatable bonds is 5. The van der Waals surface area contributed by atoms with E-state index < -0.39 is 0 Å². The van der Waals surface area contributed by atoms with Crippen molar-refractivity contribution in [3.63, 3.8) is 0 Å². The molecule has 1 fully saturated rings. The molecule has 6 heteroatoms. The van der Waals surface area contributed by atoms with Crippen LogP contribution in [0.25, 0.3) is 22.4 Å². The van der Waals surface area contributed by atoms with Crippen LogP contribution in [0.1, 0.15) is 51.3 Å². The standard InChI is InChI=1S/C19H23N5O/c1-3-16-15-11-21-18(14-9-10-20-12-17(14)25-4-2)22-19(15)24(23-16)13-7-5-6-8-13/h9-13H,3-8H2,1-2H3. The van der Waals surface area contributed by atoms with Crippen molar-refractivity contribution in [2.75, 3.05) is 6.61 Å². The Labute approximate surface area is 147 Å². The predicted molar refractivity (Wildman–Crippen MR) is 96.6 cm³/mol. The maximum Gasteiger partial charge on any atom is 0.165 e. The van der Waals surface area contributed by atoms with Crippen molar-refractivity contribution < 1.29 is 4.74 Å². The summed E-state index contributed by atoms with van der Waals surface area (Å²) in [6.07, 6.45) is 11.2. The summed E-state index contributed by atoms with van der Waals surface area (Å²) in [5.41, 5.74) is 2.89. The molecule has 0 aliphatic heterocycles. The Hall–Kier alpha value is -2.50. The molecule has 0 saturated heterocycles. The van der Waals surface area contributed by atoms with Crippen LogP contribution >= 0.6 is 0 Å². The zero-order chi connectivity index (χ0) is 17.2. The van der Waals surface area contributed by atoms with Gasteiger partial charge >= 0.3 is 0 Å². The van der Waals surface area contributed by atoms with E-state index >= 15 is 0 Å². The van der Waals surface area contributed by atoms with Crippen molar-refractivity contribution in [3.05, 3.63) is 30.4 Å². The minimum Gasteiger partial charge on any atom is -0.491 e. The average Bonchev–Trinajstić information content (AvgIpc) is 3.29. The van der Waals surface area contributed by atoms with Gasteiger partial charge in [0.05, 0.1) is 35.5 Å². The molecule has 3 aromatic heterocycles. The lowest BCUT2D eigenvalue weighted by Crippen LogP contribution is -2.08. The smallest absolute Gasteiger partial charge is 0.165 e. The van der Waals surface area contributed by atoms with Crippen LogP contribution < -0.4 is 4.74 Å². The number of nitrogens with zero attached hydrogens (tertiary/aromatic N) is 5. The second-order valence-corrected chi connectivity index (χ2v) is 6.42. The van der Waals surface area contributed by atoms with Crippen molar-refractivity contribution in [2.24, 2.45) is 0 Å². The van der Waals surface area contributed by atoms with Gasteiger partial charge in [-0.25, -0.2) is 14.6 Å². The lowest BCUT2D eigenvalue weighted by Gasteiger charge is -2.11. The minimum atomic E-state index is 0.453. The van der Waals surface area contributed by atoms with Crippen LogP contribution in [0.5, 0.6) is 5.75 Å². The highest BCUT2D eigenvalue weighted by molar-refractivity contribution is 5.80. The van der Waals surface area contributed by atoms with Crippen LogP contribution in [0, 0.1) is 0 Å². The van der Waals surface area contributed by atoms with E-state index in [2.05, 4.69) is 21.6 Å². The molecule has 0 spiro atoms. The molecule has 0 unspecified atom stereocenters. The fraction of sp³-hybridized carbons (Fsp3) is 0.474. The van der Waals surface area contributed by atoms with Gasteiger partial charge in [0, 0.05) is 12.4 Å². The Balaban J connectivity index is 1.86. The van der Waals surface area contributed by atoms with Crippen LogP contribution in [-0.2, 0) is 6.42 Å². The summed E-state index contributed by atoms with van der Waals surface area (Å²) in [4.78, 5) is 13.6. The van der Waals surface area contributed by atoms with E-state index in [1.807, 2.05) is 19.2 Å². The highest BCUT2D eigenvalue weighted by Crippen LogP contribution is 2.33. The van der Waals surface area contributed by atoms with E-state index in [0.717, 1.165) is 28.7 Å². The van der Waals surface area contributed by atoms with Crippen LogP contribution in [-0.4, -0.2) is 31.3 Å². The summed E-state index contributed by atoms with van der Waals surface area (Å²) in [6.45, 7) is 4.68. The molecule has 3 heterocycles. The Bertz CT molecular complexity index is 883. The molecular weight excluding hydrogens is 314 g/mol. The second kappa shape index (κ2) is 6.78. The summed E-state index contributed by atoms with van der Waals surface area (Å²) in [5.74, 6) is 1.38. The number of fused-ring (bicyclic) bond motifs is 1. The fourth-order valence-corrected chi connectivity index (χ4v) is 3.61. The first-order valence-corrected chi connectivity index (χ1v) is 9.13. The normalized spacial score (nSPS) is 15.1. The first kappa shape index (κ1) is 16.0. The van der Waals surface area contributed by atoms with Gasteiger partial charge in [0.2, 0.25) is 0 Å². The van der Waals surface area contributed by atoms with Gasteiger partial charge in [-0.2, -0.15) is 5.10 Å². The van der Waals surface area contributed by atoms with E-state index in [1.54, 1.807) is 12.4 Å². The van der Waals surface area contributed by atoms with Gasteiger partial charge in [-0.3, -0.25) is 4.98 Å². The molecular formula is C19H23N5O. The summed E-state index contributed by atoms with van der Waals surface area (Å²) in [5, 5.41) is 5.91. The van der Waals surface area contributed by atoms with Crippen molar-refractivity contribution in [1.29, 1.82) is 0 Å². The van der Waals surface area contributed by atoms with E-state index in [4.69, 9.17) is 14.8 Å². The van der Waals surface area contributed by atoms with Gasteiger partial charge in [0.25, 0.3) is 0 Å². The highest BCUT2D eigenvalue weighted by atomic mass is 16.5. The van der Waals surface area contributed by atoms with Gasteiger partial charge in [-0.15, -0.1) is 0 Å². The third kappa shape index (κ3) is 2.86. The third-order valence-electron chi connectivity index (χ3n) is 4.86.